The fraction of sp³-hybridized carbons (Fsp3) is 0.176. The Morgan fingerprint density at radius 2 is 2.08 bits per heavy atom. The minimum absolute atomic E-state index is 0.0153. The lowest BCUT2D eigenvalue weighted by Gasteiger charge is -2.14. The van der Waals surface area contributed by atoms with Crippen molar-refractivity contribution >= 4 is 17.7 Å². The van der Waals surface area contributed by atoms with Gasteiger partial charge >= 0.3 is 0 Å². The van der Waals surface area contributed by atoms with Crippen LogP contribution in [-0.4, -0.2) is 31.4 Å². The smallest absolute Gasteiger partial charge is 0.230 e. The van der Waals surface area contributed by atoms with E-state index in [4.69, 9.17) is 0 Å². The number of thioether (sulfide) groups is 1. The standard InChI is InChI=1S/C17H17N5OS/c1-13(21-16(23)10-24-17-4-2-3-9-19-17)14-5-7-15(8-6-14)22-12-18-11-20-22/h2-9,11-13H,10H2,1H3,(H,21,23)/t13-/m1/s1. The number of rotatable bonds is 6. The molecule has 24 heavy (non-hydrogen) atoms. The molecule has 3 aromatic rings. The van der Waals surface area contributed by atoms with Crippen LogP contribution >= 0.6 is 11.8 Å². The molecule has 1 aromatic carbocycles. The Hall–Kier alpha value is -2.67. The highest BCUT2D eigenvalue weighted by atomic mass is 32.2. The number of hydrogen-bond acceptors (Lipinski definition) is 5. The molecule has 3 rings (SSSR count). The first-order valence-electron chi connectivity index (χ1n) is 7.50. The van der Waals surface area contributed by atoms with E-state index in [-0.39, 0.29) is 11.9 Å². The van der Waals surface area contributed by atoms with E-state index in [0.29, 0.717) is 5.75 Å². The van der Waals surface area contributed by atoms with Crippen LogP contribution in [0.1, 0.15) is 18.5 Å². The van der Waals surface area contributed by atoms with E-state index in [0.717, 1.165) is 16.3 Å². The summed E-state index contributed by atoms with van der Waals surface area (Å²) in [6, 6.07) is 13.5. The molecular weight excluding hydrogens is 322 g/mol. The van der Waals surface area contributed by atoms with Crippen LogP contribution in [0.5, 0.6) is 0 Å². The zero-order valence-corrected chi connectivity index (χ0v) is 14.0. The number of aromatic nitrogens is 4. The predicted octanol–water partition coefficient (Wildman–Crippen LogP) is 2.63. The van der Waals surface area contributed by atoms with Crippen molar-refractivity contribution in [1.82, 2.24) is 25.1 Å². The van der Waals surface area contributed by atoms with Gasteiger partial charge in [0.05, 0.1) is 22.5 Å². The zero-order valence-electron chi connectivity index (χ0n) is 13.2. The molecule has 6 nitrogen and oxygen atoms in total. The molecule has 1 N–H and O–H groups in total. The molecule has 0 aliphatic rings. The third kappa shape index (κ3) is 4.20. The molecule has 0 radical (unpaired) electrons. The highest BCUT2D eigenvalue weighted by Gasteiger charge is 2.10. The van der Waals surface area contributed by atoms with Crippen molar-refractivity contribution in [3.8, 4) is 5.69 Å². The summed E-state index contributed by atoms with van der Waals surface area (Å²) in [7, 11) is 0. The Labute approximate surface area is 144 Å². The van der Waals surface area contributed by atoms with Crippen molar-refractivity contribution in [3.05, 3.63) is 66.9 Å². The van der Waals surface area contributed by atoms with Crippen LogP contribution in [0, 0.1) is 0 Å². The fourth-order valence-electron chi connectivity index (χ4n) is 2.20. The number of nitrogens with zero attached hydrogens (tertiary/aromatic N) is 4. The van der Waals surface area contributed by atoms with Gasteiger partial charge in [-0.15, -0.1) is 0 Å². The van der Waals surface area contributed by atoms with Crippen molar-refractivity contribution in [2.75, 3.05) is 5.75 Å². The molecule has 0 unspecified atom stereocenters. The first kappa shape index (κ1) is 16.2. The van der Waals surface area contributed by atoms with E-state index in [1.807, 2.05) is 49.4 Å². The van der Waals surface area contributed by atoms with Gasteiger partial charge in [0.15, 0.2) is 0 Å². The molecule has 0 fully saturated rings. The van der Waals surface area contributed by atoms with Crippen LogP contribution in [0.2, 0.25) is 0 Å². The minimum Gasteiger partial charge on any atom is -0.349 e. The van der Waals surface area contributed by atoms with Gasteiger partial charge in [0.25, 0.3) is 0 Å². The largest absolute Gasteiger partial charge is 0.349 e. The highest BCUT2D eigenvalue weighted by Crippen LogP contribution is 2.17. The second-order valence-electron chi connectivity index (χ2n) is 5.18. The van der Waals surface area contributed by atoms with Crippen LogP contribution in [0.25, 0.3) is 5.69 Å². The summed E-state index contributed by atoms with van der Waals surface area (Å²) in [5, 5.41) is 7.93. The molecule has 0 saturated carbocycles. The van der Waals surface area contributed by atoms with Crippen LogP contribution in [-0.2, 0) is 4.79 Å². The summed E-state index contributed by atoms with van der Waals surface area (Å²) in [6.45, 7) is 1.97. The van der Waals surface area contributed by atoms with Gasteiger partial charge in [0.2, 0.25) is 5.91 Å². The number of carbonyl (C=O) groups is 1. The molecule has 0 aliphatic heterocycles. The summed E-state index contributed by atoms with van der Waals surface area (Å²) in [6.07, 6.45) is 4.87. The molecule has 122 valence electrons. The SMILES string of the molecule is C[C@@H](NC(=O)CSc1ccccn1)c1ccc(-n2cncn2)cc1. The van der Waals surface area contributed by atoms with Gasteiger partial charge in [-0.1, -0.05) is 30.0 Å². The maximum absolute atomic E-state index is 12.1. The van der Waals surface area contributed by atoms with E-state index in [2.05, 4.69) is 20.4 Å². The molecule has 2 heterocycles. The van der Waals surface area contributed by atoms with Crippen molar-refractivity contribution < 1.29 is 4.79 Å². The molecule has 0 aliphatic carbocycles. The maximum Gasteiger partial charge on any atom is 0.230 e. The number of carbonyl (C=O) groups excluding carboxylic acids is 1. The zero-order chi connectivity index (χ0) is 16.8. The van der Waals surface area contributed by atoms with Crippen molar-refractivity contribution in [1.29, 1.82) is 0 Å². The van der Waals surface area contributed by atoms with Gasteiger partial charge in [-0.25, -0.2) is 14.6 Å². The van der Waals surface area contributed by atoms with Crippen LogP contribution in [0.3, 0.4) is 0 Å². The number of pyridine rings is 1. The highest BCUT2D eigenvalue weighted by molar-refractivity contribution is 7.99. The summed E-state index contributed by atoms with van der Waals surface area (Å²) in [4.78, 5) is 20.2. The molecule has 0 bridgehead atoms. The van der Waals surface area contributed by atoms with Crippen molar-refractivity contribution in [2.24, 2.45) is 0 Å². The molecule has 1 atom stereocenters. The van der Waals surface area contributed by atoms with Gasteiger partial charge in [-0.3, -0.25) is 4.79 Å². The maximum atomic E-state index is 12.1. The topological polar surface area (TPSA) is 72.7 Å². The van der Waals surface area contributed by atoms with E-state index in [9.17, 15) is 4.79 Å². The van der Waals surface area contributed by atoms with Gasteiger partial charge in [-0.2, -0.15) is 5.10 Å². The summed E-state index contributed by atoms with van der Waals surface area (Å²) in [5.74, 6) is 0.330. The van der Waals surface area contributed by atoms with Gasteiger partial charge in [0.1, 0.15) is 12.7 Å². The second kappa shape index (κ2) is 7.74. The molecule has 0 spiro atoms. The number of nitrogens with one attached hydrogen (secondary N) is 1. The van der Waals surface area contributed by atoms with E-state index >= 15 is 0 Å². The minimum atomic E-state index is -0.0633. The van der Waals surface area contributed by atoms with Crippen molar-refractivity contribution in [2.45, 2.75) is 18.0 Å². The lowest BCUT2D eigenvalue weighted by molar-refractivity contribution is -0.119. The molecular formula is C17H17N5OS. The predicted molar refractivity (Wildman–Crippen MR) is 92.9 cm³/mol. The quantitative estimate of drug-likeness (QED) is 0.699. The number of hydrogen-bond donors (Lipinski definition) is 1. The van der Waals surface area contributed by atoms with E-state index < -0.39 is 0 Å². The van der Waals surface area contributed by atoms with Gasteiger partial charge < -0.3 is 5.32 Å². The first-order chi connectivity index (χ1) is 11.7. The van der Waals surface area contributed by atoms with E-state index in [1.165, 1.54) is 18.1 Å². The average Bonchev–Trinajstić information content (AvgIpc) is 3.16. The van der Waals surface area contributed by atoms with Crippen molar-refractivity contribution in [3.63, 3.8) is 0 Å². The summed E-state index contributed by atoms with van der Waals surface area (Å²) in [5.41, 5.74) is 1.97. The summed E-state index contributed by atoms with van der Waals surface area (Å²) < 4.78 is 1.69. The summed E-state index contributed by atoms with van der Waals surface area (Å²) >= 11 is 1.42. The Bertz CT molecular complexity index is 775. The van der Waals surface area contributed by atoms with E-state index in [1.54, 1.807) is 17.2 Å². The molecule has 0 saturated heterocycles. The Morgan fingerprint density at radius 3 is 2.75 bits per heavy atom. The molecule has 2 aromatic heterocycles. The Kier molecular flexibility index (Phi) is 5.22. The average molecular weight is 339 g/mol. The lowest BCUT2D eigenvalue weighted by atomic mass is 10.1. The van der Waals surface area contributed by atoms with Gasteiger partial charge in [-0.05, 0) is 36.8 Å². The Balaban J connectivity index is 1.54. The van der Waals surface area contributed by atoms with Gasteiger partial charge in [0, 0.05) is 6.20 Å². The monoisotopic (exact) mass is 339 g/mol. The fourth-order valence-corrected chi connectivity index (χ4v) is 2.87. The Morgan fingerprint density at radius 1 is 1.25 bits per heavy atom. The number of benzene rings is 1. The lowest BCUT2D eigenvalue weighted by Crippen LogP contribution is -2.28. The van der Waals surface area contributed by atoms with Crippen LogP contribution in [0.4, 0.5) is 0 Å². The normalized spacial score (nSPS) is 11.9. The first-order valence-corrected chi connectivity index (χ1v) is 8.49. The molecule has 1 amide bonds. The second-order valence-corrected chi connectivity index (χ2v) is 6.17. The third-order valence-electron chi connectivity index (χ3n) is 3.44. The van der Waals surface area contributed by atoms with Crippen LogP contribution < -0.4 is 5.32 Å². The van der Waals surface area contributed by atoms with Crippen LogP contribution in [0.15, 0.2) is 66.3 Å². The third-order valence-corrected chi connectivity index (χ3v) is 4.39. The number of amides is 1. The molecule has 7 heteroatoms.